The van der Waals surface area contributed by atoms with Gasteiger partial charge in [-0.15, -0.1) is 0 Å². The predicted molar refractivity (Wildman–Crippen MR) is 176 cm³/mol. The van der Waals surface area contributed by atoms with Gasteiger partial charge in [-0.25, -0.2) is 0 Å². The highest BCUT2D eigenvalue weighted by Crippen LogP contribution is 2.52. The van der Waals surface area contributed by atoms with Gasteiger partial charge in [0.2, 0.25) is 0 Å². The first-order chi connectivity index (χ1) is 18.4. The van der Waals surface area contributed by atoms with E-state index in [0.717, 1.165) is 40.9 Å². The Morgan fingerprint density at radius 1 is 0.711 bits per heavy atom. The monoisotopic (exact) mass is 749 g/mol. The second kappa shape index (κ2) is 13.9. The lowest BCUT2D eigenvalue weighted by Crippen LogP contribution is -2.09. The Bertz CT molecular complexity index is 1360. The molecule has 0 aliphatic heterocycles. The molecule has 0 spiro atoms. The van der Waals surface area contributed by atoms with Gasteiger partial charge in [-0.3, -0.25) is 4.57 Å². The van der Waals surface area contributed by atoms with Crippen LogP contribution < -0.4 is 4.90 Å². The van der Waals surface area contributed by atoms with Crippen LogP contribution in [0.4, 0.5) is 17.1 Å². The maximum atomic E-state index is 13.0. The van der Waals surface area contributed by atoms with Crippen molar-refractivity contribution in [3.63, 3.8) is 0 Å². The van der Waals surface area contributed by atoms with Crippen LogP contribution in [0.15, 0.2) is 97.1 Å². The molecule has 196 valence electrons. The lowest BCUT2D eigenvalue weighted by molar-refractivity contribution is 0.219. The maximum Gasteiger partial charge on any atom is 0.335 e. The third kappa shape index (κ3) is 7.57. The number of benzene rings is 4. The minimum atomic E-state index is -3.15. The van der Waals surface area contributed by atoms with E-state index in [1.165, 1.54) is 0 Å². The minimum Gasteiger partial charge on any atom is -0.311 e. The molecule has 7 heteroatoms. The molecule has 0 aliphatic rings. The molecule has 0 aliphatic carbocycles. The molecular formula is C31H30I2NO3P. The number of anilines is 3. The summed E-state index contributed by atoms with van der Waals surface area (Å²) in [5, 5.41) is 0. The van der Waals surface area contributed by atoms with Crippen LogP contribution in [0.1, 0.15) is 30.5 Å². The third-order valence-corrected chi connectivity index (χ3v) is 9.79. The summed E-state index contributed by atoms with van der Waals surface area (Å²) < 4.78 is 26.2. The van der Waals surface area contributed by atoms with Crippen molar-refractivity contribution in [1.29, 1.82) is 0 Å². The summed E-state index contributed by atoms with van der Waals surface area (Å²) in [4.78, 5) is 2.25. The van der Waals surface area contributed by atoms with E-state index in [2.05, 4.69) is 147 Å². The van der Waals surface area contributed by atoms with Crippen molar-refractivity contribution in [2.45, 2.75) is 20.0 Å². The summed E-state index contributed by atoms with van der Waals surface area (Å²) in [5.74, 6) is 0. The summed E-state index contributed by atoms with van der Waals surface area (Å²) in [6.45, 7) is 4.39. The van der Waals surface area contributed by atoms with E-state index in [0.29, 0.717) is 13.2 Å². The van der Waals surface area contributed by atoms with E-state index >= 15 is 0 Å². The molecule has 4 nitrogen and oxygen atoms in total. The quantitative estimate of drug-likeness (QED) is 0.0870. The SMILES string of the molecule is CCOP(=O)(Cc1cc(I)c(/C=C/c2ccc(N(c3ccccc3)c3ccccc3)cc2)cc1I)OCC. The summed E-state index contributed by atoms with van der Waals surface area (Å²) in [5.41, 5.74) is 6.53. The van der Waals surface area contributed by atoms with Gasteiger partial charge in [0.25, 0.3) is 0 Å². The highest BCUT2D eigenvalue weighted by molar-refractivity contribution is 14.1. The molecule has 38 heavy (non-hydrogen) atoms. The van der Waals surface area contributed by atoms with Gasteiger partial charge in [-0.05, 0) is 124 Å². The summed E-state index contributed by atoms with van der Waals surface area (Å²) in [6, 6.07) is 33.6. The van der Waals surface area contributed by atoms with Crippen molar-refractivity contribution >= 4 is 82.0 Å². The highest BCUT2D eigenvalue weighted by Gasteiger charge is 2.25. The molecule has 4 aromatic rings. The smallest absolute Gasteiger partial charge is 0.311 e. The van der Waals surface area contributed by atoms with Crippen LogP contribution in [0.3, 0.4) is 0 Å². The zero-order valence-electron chi connectivity index (χ0n) is 21.4. The van der Waals surface area contributed by atoms with Gasteiger partial charge in [0, 0.05) is 24.2 Å². The minimum absolute atomic E-state index is 0.272. The molecule has 0 unspecified atom stereocenters. The number of hydrogen-bond donors (Lipinski definition) is 0. The van der Waals surface area contributed by atoms with E-state index < -0.39 is 7.60 Å². The number of nitrogens with zero attached hydrogens (tertiary/aromatic N) is 1. The number of halogens is 2. The third-order valence-electron chi connectivity index (χ3n) is 5.82. The van der Waals surface area contributed by atoms with Gasteiger partial charge in [0.15, 0.2) is 0 Å². The summed E-state index contributed by atoms with van der Waals surface area (Å²) in [6.07, 6.45) is 4.52. The van der Waals surface area contributed by atoms with Crippen LogP contribution in [0.25, 0.3) is 12.2 Å². The fraction of sp³-hybridized carbons (Fsp3) is 0.161. The van der Waals surface area contributed by atoms with Crippen LogP contribution in [0.5, 0.6) is 0 Å². The first-order valence-corrected chi connectivity index (χ1v) is 16.4. The van der Waals surface area contributed by atoms with E-state index in [9.17, 15) is 4.57 Å². The molecule has 0 heterocycles. The fourth-order valence-corrected chi connectivity index (χ4v) is 7.52. The molecule has 0 radical (unpaired) electrons. The van der Waals surface area contributed by atoms with Crippen LogP contribution in [-0.4, -0.2) is 13.2 Å². The zero-order chi connectivity index (χ0) is 27.0. The van der Waals surface area contributed by atoms with E-state index in [-0.39, 0.29) is 6.16 Å². The normalized spacial score (nSPS) is 11.7. The van der Waals surface area contributed by atoms with Crippen LogP contribution >= 0.6 is 52.8 Å². The van der Waals surface area contributed by atoms with Gasteiger partial charge >= 0.3 is 7.60 Å². The molecule has 4 aromatic carbocycles. The van der Waals surface area contributed by atoms with Crippen molar-refractivity contribution in [3.05, 3.63) is 121 Å². The van der Waals surface area contributed by atoms with E-state index in [4.69, 9.17) is 9.05 Å². The highest BCUT2D eigenvalue weighted by atomic mass is 127. The molecule has 0 N–H and O–H groups in total. The van der Waals surface area contributed by atoms with E-state index in [1.807, 2.05) is 26.0 Å². The van der Waals surface area contributed by atoms with Gasteiger partial charge in [0.1, 0.15) is 0 Å². The topological polar surface area (TPSA) is 38.8 Å². The lowest BCUT2D eigenvalue weighted by Gasteiger charge is -2.25. The van der Waals surface area contributed by atoms with Crippen LogP contribution in [0, 0.1) is 7.14 Å². The zero-order valence-corrected chi connectivity index (χ0v) is 26.6. The van der Waals surface area contributed by atoms with Crippen molar-refractivity contribution < 1.29 is 13.6 Å². The molecule has 0 bridgehead atoms. The summed E-state index contributed by atoms with van der Waals surface area (Å²) >= 11 is 4.64. The van der Waals surface area contributed by atoms with Crippen molar-refractivity contribution in [2.24, 2.45) is 0 Å². The van der Waals surface area contributed by atoms with Gasteiger partial charge in [-0.1, -0.05) is 60.7 Å². The Kier molecular flexibility index (Phi) is 10.6. The first-order valence-electron chi connectivity index (χ1n) is 12.5. The van der Waals surface area contributed by atoms with Crippen LogP contribution in [0.2, 0.25) is 0 Å². The molecule has 0 saturated heterocycles. The fourth-order valence-electron chi connectivity index (χ4n) is 4.10. The second-order valence-corrected chi connectivity index (χ2v) is 12.9. The number of hydrogen-bond acceptors (Lipinski definition) is 4. The van der Waals surface area contributed by atoms with Crippen molar-refractivity contribution in [2.75, 3.05) is 18.1 Å². The largest absolute Gasteiger partial charge is 0.335 e. The average molecular weight is 749 g/mol. The Morgan fingerprint density at radius 2 is 1.24 bits per heavy atom. The predicted octanol–water partition coefficient (Wildman–Crippen LogP) is 10.3. The molecular weight excluding hydrogens is 719 g/mol. The molecule has 0 saturated carbocycles. The van der Waals surface area contributed by atoms with E-state index in [1.54, 1.807) is 0 Å². The Morgan fingerprint density at radius 3 is 1.76 bits per heavy atom. The number of rotatable bonds is 11. The molecule has 0 aromatic heterocycles. The number of para-hydroxylation sites is 2. The molecule has 4 rings (SSSR count). The molecule has 0 atom stereocenters. The Hall–Kier alpha value is -1.97. The summed E-state index contributed by atoms with van der Waals surface area (Å²) in [7, 11) is -3.15. The lowest BCUT2D eigenvalue weighted by atomic mass is 10.1. The molecule has 0 fully saturated rings. The van der Waals surface area contributed by atoms with Crippen molar-refractivity contribution in [3.8, 4) is 0 Å². The van der Waals surface area contributed by atoms with Crippen molar-refractivity contribution in [1.82, 2.24) is 0 Å². The van der Waals surface area contributed by atoms with Gasteiger partial charge < -0.3 is 13.9 Å². The first kappa shape index (κ1) is 29.0. The van der Waals surface area contributed by atoms with Gasteiger partial charge in [0.05, 0.1) is 19.4 Å². The standard InChI is InChI=1S/C31H30I2NO3P/c1-3-36-38(35,37-4-2)23-26-22-30(32)25(21-31(26)33)18-15-24-16-19-29(20-17-24)34(27-11-7-5-8-12-27)28-13-9-6-10-14-28/h5-22H,3-4,23H2,1-2H3/b18-15+. The van der Waals surface area contributed by atoms with Crippen LogP contribution in [-0.2, 0) is 19.8 Å². The Labute approximate surface area is 252 Å². The second-order valence-electron chi connectivity index (χ2n) is 8.50. The maximum absolute atomic E-state index is 13.0. The Balaban J connectivity index is 1.55. The van der Waals surface area contributed by atoms with Gasteiger partial charge in [-0.2, -0.15) is 0 Å². The average Bonchev–Trinajstić information content (AvgIpc) is 2.92. The molecule has 0 amide bonds.